The number of quaternary nitrogens is 1. The minimum Gasteiger partial charge on any atom is -0.497 e. The van der Waals surface area contributed by atoms with Gasteiger partial charge in [-0.15, -0.1) is 0 Å². The lowest BCUT2D eigenvalue weighted by Gasteiger charge is -2.35. The first-order chi connectivity index (χ1) is 11.7. The number of methoxy groups -OCH3 is 1. The van der Waals surface area contributed by atoms with Crippen molar-refractivity contribution in [3.63, 3.8) is 0 Å². The molecule has 6 nitrogen and oxygen atoms in total. The summed E-state index contributed by atoms with van der Waals surface area (Å²) in [4.78, 5) is 25.2. The van der Waals surface area contributed by atoms with Crippen molar-refractivity contribution in [2.45, 2.75) is 40.2 Å². The van der Waals surface area contributed by atoms with Gasteiger partial charge < -0.3 is 19.3 Å². The van der Waals surface area contributed by atoms with Crippen LogP contribution in [0.5, 0.6) is 5.75 Å². The summed E-state index contributed by atoms with van der Waals surface area (Å²) < 4.78 is 10.9. The SMILES string of the molecule is CCOC(=O)c1cc(OC)cc(C)c1NC(=O)C(CC)[N+](C)(C)CC. The van der Waals surface area contributed by atoms with Crippen LogP contribution in [0.4, 0.5) is 5.69 Å². The van der Waals surface area contributed by atoms with Crippen molar-refractivity contribution in [2.24, 2.45) is 0 Å². The van der Waals surface area contributed by atoms with Crippen molar-refractivity contribution in [2.75, 3.05) is 39.7 Å². The van der Waals surface area contributed by atoms with Crippen molar-refractivity contribution < 1.29 is 23.5 Å². The fraction of sp³-hybridized carbons (Fsp3) is 0.579. The van der Waals surface area contributed by atoms with E-state index >= 15 is 0 Å². The van der Waals surface area contributed by atoms with E-state index in [1.165, 1.54) is 7.11 Å². The van der Waals surface area contributed by atoms with Gasteiger partial charge in [0.05, 0.1) is 45.6 Å². The Morgan fingerprint density at radius 2 is 1.84 bits per heavy atom. The number of carbonyl (C=O) groups excluding carboxylic acids is 2. The number of likely N-dealkylation sites (N-methyl/N-ethyl adjacent to an activating group) is 1. The zero-order chi connectivity index (χ0) is 19.2. The Bertz CT molecular complexity index is 626. The fourth-order valence-electron chi connectivity index (χ4n) is 2.83. The molecule has 0 aliphatic heterocycles. The Morgan fingerprint density at radius 1 is 1.20 bits per heavy atom. The number of hydrogen-bond acceptors (Lipinski definition) is 4. The maximum Gasteiger partial charge on any atom is 0.340 e. The number of nitrogens with zero attached hydrogens (tertiary/aromatic N) is 1. The Balaban J connectivity index is 3.27. The largest absolute Gasteiger partial charge is 0.497 e. The second-order valence-electron chi connectivity index (χ2n) is 6.60. The molecule has 0 spiro atoms. The monoisotopic (exact) mass is 351 g/mol. The highest BCUT2D eigenvalue weighted by Crippen LogP contribution is 2.28. The van der Waals surface area contributed by atoms with E-state index in [-0.39, 0.29) is 18.6 Å². The highest BCUT2D eigenvalue weighted by molar-refractivity contribution is 6.03. The lowest BCUT2D eigenvalue weighted by molar-refractivity contribution is -0.904. The van der Waals surface area contributed by atoms with Gasteiger partial charge in [0.1, 0.15) is 5.75 Å². The molecule has 0 fully saturated rings. The van der Waals surface area contributed by atoms with Gasteiger partial charge in [0.15, 0.2) is 6.04 Å². The molecule has 1 aromatic carbocycles. The predicted octanol–water partition coefficient (Wildman–Crippen LogP) is 2.99. The van der Waals surface area contributed by atoms with Gasteiger partial charge >= 0.3 is 5.97 Å². The first-order valence-corrected chi connectivity index (χ1v) is 8.71. The number of benzene rings is 1. The molecule has 1 atom stereocenters. The number of esters is 1. The molecule has 0 heterocycles. The van der Waals surface area contributed by atoms with Crippen LogP contribution in [0.1, 0.15) is 43.1 Å². The predicted molar refractivity (Wildman–Crippen MR) is 99.0 cm³/mol. The normalized spacial score (nSPS) is 12.4. The lowest BCUT2D eigenvalue weighted by atomic mass is 10.1. The van der Waals surface area contributed by atoms with Crippen molar-refractivity contribution >= 4 is 17.6 Å². The van der Waals surface area contributed by atoms with Gasteiger partial charge in [-0.1, -0.05) is 6.92 Å². The molecule has 1 aromatic rings. The molecule has 25 heavy (non-hydrogen) atoms. The maximum atomic E-state index is 12.9. The van der Waals surface area contributed by atoms with Gasteiger partial charge in [-0.05, 0) is 38.5 Å². The summed E-state index contributed by atoms with van der Waals surface area (Å²) in [6.45, 7) is 8.73. The molecule has 1 N–H and O–H groups in total. The topological polar surface area (TPSA) is 64.6 Å². The Hall–Kier alpha value is -2.08. The third kappa shape index (κ3) is 4.95. The average molecular weight is 351 g/mol. The van der Waals surface area contributed by atoms with Crippen LogP contribution in [-0.2, 0) is 9.53 Å². The van der Waals surface area contributed by atoms with E-state index in [2.05, 4.69) is 12.2 Å². The van der Waals surface area contributed by atoms with Crippen LogP contribution in [-0.4, -0.2) is 56.8 Å². The number of nitrogens with one attached hydrogen (secondary N) is 1. The molecule has 0 bridgehead atoms. The molecule has 0 aromatic heterocycles. The zero-order valence-electron chi connectivity index (χ0n) is 16.4. The van der Waals surface area contributed by atoms with E-state index < -0.39 is 5.97 Å². The summed E-state index contributed by atoms with van der Waals surface area (Å²) in [7, 11) is 5.60. The second-order valence-corrected chi connectivity index (χ2v) is 6.60. The minimum atomic E-state index is -0.475. The minimum absolute atomic E-state index is 0.104. The van der Waals surface area contributed by atoms with E-state index in [1.807, 2.05) is 27.9 Å². The second kappa shape index (κ2) is 8.85. The number of aryl methyl sites for hydroxylation is 1. The van der Waals surface area contributed by atoms with E-state index in [1.54, 1.807) is 19.1 Å². The van der Waals surface area contributed by atoms with Crippen molar-refractivity contribution in [3.05, 3.63) is 23.3 Å². The molecule has 0 aliphatic carbocycles. The molecule has 140 valence electrons. The van der Waals surface area contributed by atoms with Crippen molar-refractivity contribution in [3.8, 4) is 5.75 Å². The third-order valence-electron chi connectivity index (χ3n) is 4.64. The van der Waals surface area contributed by atoms with Gasteiger partial charge in [-0.25, -0.2) is 4.79 Å². The number of ether oxygens (including phenoxy) is 2. The summed E-state index contributed by atoms with van der Waals surface area (Å²) in [5.74, 6) is -0.0273. The number of rotatable bonds is 8. The summed E-state index contributed by atoms with van der Waals surface area (Å²) in [6.07, 6.45) is 0.705. The molecular formula is C19H31N2O4+. The summed E-state index contributed by atoms with van der Waals surface area (Å²) >= 11 is 0. The maximum absolute atomic E-state index is 12.9. The quantitative estimate of drug-likeness (QED) is 0.578. The molecular weight excluding hydrogens is 320 g/mol. The molecule has 0 aliphatic rings. The van der Waals surface area contributed by atoms with Gasteiger partial charge in [0, 0.05) is 6.42 Å². The highest BCUT2D eigenvalue weighted by Gasteiger charge is 2.33. The van der Waals surface area contributed by atoms with Crippen molar-refractivity contribution in [1.29, 1.82) is 0 Å². The Labute approximate surface area is 150 Å². The molecule has 0 radical (unpaired) electrons. The molecule has 0 saturated heterocycles. The van der Waals surface area contributed by atoms with Crippen LogP contribution in [0.2, 0.25) is 0 Å². The van der Waals surface area contributed by atoms with Crippen molar-refractivity contribution in [1.82, 2.24) is 0 Å². The summed E-state index contributed by atoms with van der Waals surface area (Å²) in [6, 6.07) is 3.18. The zero-order valence-corrected chi connectivity index (χ0v) is 16.4. The molecule has 6 heteroatoms. The Morgan fingerprint density at radius 3 is 2.32 bits per heavy atom. The summed E-state index contributed by atoms with van der Waals surface area (Å²) in [5, 5.41) is 2.95. The third-order valence-corrected chi connectivity index (χ3v) is 4.64. The molecule has 1 rings (SSSR count). The van der Waals surface area contributed by atoms with Crippen LogP contribution >= 0.6 is 0 Å². The van der Waals surface area contributed by atoms with Crippen LogP contribution < -0.4 is 10.1 Å². The molecule has 1 unspecified atom stereocenters. The molecule has 0 saturated carbocycles. The summed E-state index contributed by atoms with van der Waals surface area (Å²) in [5.41, 5.74) is 1.55. The Kier molecular flexibility index (Phi) is 7.42. The lowest BCUT2D eigenvalue weighted by Crippen LogP contribution is -2.54. The smallest absolute Gasteiger partial charge is 0.340 e. The van der Waals surface area contributed by atoms with Crippen LogP contribution in [0, 0.1) is 6.92 Å². The highest BCUT2D eigenvalue weighted by atomic mass is 16.5. The van der Waals surface area contributed by atoms with Crippen LogP contribution in [0.15, 0.2) is 12.1 Å². The first kappa shape index (κ1) is 21.0. The number of amides is 1. The van der Waals surface area contributed by atoms with E-state index in [9.17, 15) is 9.59 Å². The average Bonchev–Trinajstić information content (AvgIpc) is 2.56. The van der Waals surface area contributed by atoms with E-state index in [0.717, 1.165) is 12.1 Å². The number of anilines is 1. The number of carbonyl (C=O) groups is 2. The fourth-order valence-corrected chi connectivity index (χ4v) is 2.83. The van der Waals surface area contributed by atoms with Gasteiger partial charge in [0.25, 0.3) is 5.91 Å². The standard InChI is InChI=1S/C19H30N2O4/c1-8-16(21(5,6)9-2)18(22)20-17-13(4)11-14(24-7)12-15(17)19(23)25-10-3/h11-12,16H,8-10H2,1-7H3/p+1. The van der Waals surface area contributed by atoms with Gasteiger partial charge in [0.2, 0.25) is 0 Å². The first-order valence-electron chi connectivity index (χ1n) is 8.71. The number of hydrogen-bond donors (Lipinski definition) is 1. The van der Waals surface area contributed by atoms with E-state index in [4.69, 9.17) is 9.47 Å². The van der Waals surface area contributed by atoms with Crippen LogP contribution in [0.25, 0.3) is 0 Å². The van der Waals surface area contributed by atoms with Gasteiger partial charge in [-0.3, -0.25) is 4.79 Å². The van der Waals surface area contributed by atoms with Crippen LogP contribution in [0.3, 0.4) is 0 Å². The molecule has 1 amide bonds. The van der Waals surface area contributed by atoms with E-state index in [0.29, 0.717) is 27.9 Å². The van der Waals surface area contributed by atoms with Gasteiger partial charge in [-0.2, -0.15) is 0 Å².